The van der Waals surface area contributed by atoms with Crippen molar-refractivity contribution in [3.05, 3.63) is 29.8 Å². The maximum atomic E-state index is 12.9. The Morgan fingerprint density at radius 3 is 2.37 bits per heavy atom. The van der Waals surface area contributed by atoms with Gasteiger partial charge in [-0.05, 0) is 18.2 Å². The molecule has 0 atom stereocenters. The molecule has 0 saturated carbocycles. The van der Waals surface area contributed by atoms with Gasteiger partial charge < -0.3 is 4.74 Å². The first-order valence-corrected chi connectivity index (χ1v) is 4.87. The Labute approximate surface area is 104 Å². The predicted molar refractivity (Wildman–Crippen MR) is 52.6 cm³/mol. The van der Waals surface area contributed by atoms with Crippen LogP contribution in [0.1, 0.15) is 5.56 Å². The normalized spacial score (nSPS) is 12.3. The molecule has 0 heterocycles. The van der Waals surface area contributed by atoms with Gasteiger partial charge in [0.25, 0.3) is 0 Å². The average molecular weight is 283 g/mol. The minimum Gasteiger partial charge on any atom is -0.487 e. The number of hydrogen-bond acceptors (Lipinski definition) is 2. The number of nitrogens with zero attached hydrogens (tertiary/aromatic N) is 1. The van der Waals surface area contributed by atoms with E-state index in [4.69, 9.17) is 5.26 Å². The van der Waals surface area contributed by atoms with Gasteiger partial charge in [0.05, 0.1) is 11.6 Å². The molecular weight excluding hydrogens is 276 g/mol. The van der Waals surface area contributed by atoms with Crippen molar-refractivity contribution in [3.63, 3.8) is 0 Å². The van der Waals surface area contributed by atoms with Crippen molar-refractivity contribution in [1.82, 2.24) is 0 Å². The number of benzene rings is 1. The van der Waals surface area contributed by atoms with Crippen LogP contribution in [0.25, 0.3) is 0 Å². The van der Waals surface area contributed by atoms with Crippen molar-refractivity contribution in [2.75, 3.05) is 6.61 Å². The van der Waals surface area contributed by atoms with Gasteiger partial charge in [0.1, 0.15) is 5.75 Å². The van der Waals surface area contributed by atoms with Gasteiger partial charge in [-0.3, -0.25) is 0 Å². The molecule has 0 N–H and O–H groups in total. The molecule has 0 aliphatic carbocycles. The Morgan fingerprint density at radius 1 is 1.21 bits per heavy atom. The van der Waals surface area contributed by atoms with Gasteiger partial charge in [0.2, 0.25) is 0 Å². The maximum absolute atomic E-state index is 12.9. The molecule has 8 heteroatoms. The molecule has 0 spiro atoms. The summed E-state index contributed by atoms with van der Waals surface area (Å²) in [6, 6.07) is 6.45. The third kappa shape index (κ3) is 3.30. The summed E-state index contributed by atoms with van der Waals surface area (Å²) in [4.78, 5) is 0. The third-order valence-corrected chi connectivity index (χ3v) is 2.14. The highest BCUT2D eigenvalue weighted by Gasteiger charge is 2.63. The van der Waals surface area contributed by atoms with Crippen molar-refractivity contribution in [3.8, 4) is 11.8 Å². The van der Waals surface area contributed by atoms with Crippen LogP contribution in [0, 0.1) is 11.3 Å². The second-order valence-corrected chi connectivity index (χ2v) is 3.56. The Kier molecular flexibility index (Phi) is 4.29. The average Bonchev–Trinajstić information content (AvgIpc) is 2.36. The summed E-state index contributed by atoms with van der Waals surface area (Å²) in [6.45, 7) is -1.92. The fourth-order valence-corrected chi connectivity index (χ4v) is 1.09. The first-order valence-electron chi connectivity index (χ1n) is 4.87. The minimum atomic E-state index is -5.49. The summed E-state index contributed by atoms with van der Waals surface area (Å²) >= 11 is 0. The molecule has 104 valence electrons. The van der Waals surface area contributed by atoms with Crippen molar-refractivity contribution in [2.24, 2.45) is 0 Å². The largest absolute Gasteiger partial charge is 0.487 e. The van der Waals surface area contributed by atoms with Crippen LogP contribution in [-0.2, 0) is 0 Å². The Hall–Kier alpha value is -1.91. The van der Waals surface area contributed by atoms with Crippen molar-refractivity contribution >= 4 is 0 Å². The SMILES string of the molecule is N#Cc1cccc(OCC(F)(F)C(F)(F)C(F)F)c1. The highest BCUT2D eigenvalue weighted by Crippen LogP contribution is 2.39. The minimum absolute atomic E-state index is 0.0569. The van der Waals surface area contributed by atoms with E-state index in [0.717, 1.165) is 12.1 Å². The topological polar surface area (TPSA) is 33.0 Å². The van der Waals surface area contributed by atoms with E-state index in [9.17, 15) is 26.3 Å². The lowest BCUT2D eigenvalue weighted by molar-refractivity contribution is -0.271. The summed E-state index contributed by atoms with van der Waals surface area (Å²) in [5, 5.41) is 8.52. The number of ether oxygens (including phenoxy) is 1. The zero-order valence-electron chi connectivity index (χ0n) is 9.22. The van der Waals surface area contributed by atoms with Crippen LogP contribution in [-0.4, -0.2) is 24.9 Å². The van der Waals surface area contributed by atoms with Crippen molar-refractivity contribution < 1.29 is 31.1 Å². The van der Waals surface area contributed by atoms with E-state index in [1.54, 1.807) is 6.07 Å². The van der Waals surface area contributed by atoms with E-state index < -0.39 is 24.9 Å². The zero-order chi connectivity index (χ0) is 14.7. The van der Waals surface area contributed by atoms with Gasteiger partial charge in [-0.15, -0.1) is 0 Å². The Balaban J connectivity index is 2.78. The van der Waals surface area contributed by atoms with E-state index >= 15 is 0 Å². The quantitative estimate of drug-likeness (QED) is 0.775. The van der Waals surface area contributed by atoms with E-state index in [2.05, 4.69) is 4.74 Å². The van der Waals surface area contributed by atoms with Gasteiger partial charge >= 0.3 is 18.3 Å². The number of alkyl halides is 6. The molecular formula is C11H7F6NO. The van der Waals surface area contributed by atoms with Gasteiger partial charge in [0, 0.05) is 0 Å². The molecule has 1 aromatic carbocycles. The van der Waals surface area contributed by atoms with E-state index in [1.165, 1.54) is 12.1 Å². The lowest BCUT2D eigenvalue weighted by Gasteiger charge is -2.25. The van der Waals surface area contributed by atoms with Crippen LogP contribution in [0.5, 0.6) is 5.75 Å². The lowest BCUT2D eigenvalue weighted by atomic mass is 10.2. The van der Waals surface area contributed by atoms with Crippen LogP contribution in [0.15, 0.2) is 24.3 Å². The predicted octanol–water partition coefficient (Wildman–Crippen LogP) is 3.47. The van der Waals surface area contributed by atoms with Gasteiger partial charge in [0.15, 0.2) is 6.61 Å². The van der Waals surface area contributed by atoms with Crippen molar-refractivity contribution in [1.29, 1.82) is 5.26 Å². The third-order valence-electron chi connectivity index (χ3n) is 2.14. The first-order chi connectivity index (χ1) is 8.70. The van der Waals surface area contributed by atoms with E-state index in [1.807, 2.05) is 0 Å². The van der Waals surface area contributed by atoms with Crippen molar-refractivity contribution in [2.45, 2.75) is 18.3 Å². The summed E-state index contributed by atoms with van der Waals surface area (Å²) < 4.78 is 78.9. The summed E-state index contributed by atoms with van der Waals surface area (Å²) in [5.41, 5.74) is 0.0569. The molecule has 0 unspecified atom stereocenters. The first kappa shape index (κ1) is 15.1. The molecule has 1 rings (SSSR count). The highest BCUT2D eigenvalue weighted by molar-refractivity contribution is 5.36. The second-order valence-electron chi connectivity index (χ2n) is 3.56. The summed E-state index contributed by atoms with van der Waals surface area (Å²) in [6.07, 6.45) is -4.50. The van der Waals surface area contributed by atoms with Crippen LogP contribution < -0.4 is 4.74 Å². The molecule has 0 aromatic heterocycles. The monoisotopic (exact) mass is 283 g/mol. The molecule has 0 amide bonds. The smallest absolute Gasteiger partial charge is 0.372 e. The number of hydrogen-bond donors (Lipinski definition) is 0. The fourth-order valence-electron chi connectivity index (χ4n) is 1.09. The molecule has 2 nitrogen and oxygen atoms in total. The molecule has 1 aromatic rings. The Morgan fingerprint density at radius 2 is 1.84 bits per heavy atom. The second kappa shape index (κ2) is 5.38. The summed E-state index contributed by atoms with van der Waals surface area (Å²) in [7, 11) is 0. The fraction of sp³-hybridized carbons (Fsp3) is 0.364. The molecule has 0 saturated heterocycles. The molecule has 0 fully saturated rings. The maximum Gasteiger partial charge on any atom is 0.372 e. The zero-order valence-corrected chi connectivity index (χ0v) is 9.22. The van der Waals surface area contributed by atoms with Crippen LogP contribution in [0.3, 0.4) is 0 Å². The van der Waals surface area contributed by atoms with Crippen LogP contribution >= 0.6 is 0 Å². The van der Waals surface area contributed by atoms with E-state index in [-0.39, 0.29) is 11.3 Å². The molecule has 0 aliphatic heterocycles. The molecule has 19 heavy (non-hydrogen) atoms. The molecule has 0 bridgehead atoms. The van der Waals surface area contributed by atoms with Gasteiger partial charge in [-0.2, -0.15) is 22.8 Å². The van der Waals surface area contributed by atoms with Crippen LogP contribution in [0.2, 0.25) is 0 Å². The Bertz CT molecular complexity index is 482. The van der Waals surface area contributed by atoms with Gasteiger partial charge in [-0.1, -0.05) is 6.07 Å². The van der Waals surface area contributed by atoms with Gasteiger partial charge in [-0.25, -0.2) is 8.78 Å². The van der Waals surface area contributed by atoms with E-state index in [0.29, 0.717) is 0 Å². The molecule has 0 radical (unpaired) electrons. The molecule has 0 aliphatic rings. The highest BCUT2D eigenvalue weighted by atomic mass is 19.3. The number of halogens is 6. The van der Waals surface area contributed by atoms with Crippen LogP contribution in [0.4, 0.5) is 26.3 Å². The lowest BCUT2D eigenvalue weighted by Crippen LogP contribution is -2.50. The number of nitriles is 1. The standard InChI is InChI=1S/C11H7F6NO/c12-9(13)11(16,17)10(14,15)6-19-8-3-1-2-7(4-8)5-18/h1-4,9H,6H2. The number of rotatable bonds is 5. The summed E-state index contributed by atoms with van der Waals surface area (Å²) in [5.74, 6) is -10.8.